The minimum Gasteiger partial charge on any atom is -0.482 e. The maximum absolute atomic E-state index is 13.1. The summed E-state index contributed by atoms with van der Waals surface area (Å²) >= 11 is 1.44. The Labute approximate surface area is 191 Å². The van der Waals surface area contributed by atoms with Gasteiger partial charge in [0.1, 0.15) is 5.75 Å². The van der Waals surface area contributed by atoms with Crippen LogP contribution < -0.4 is 4.74 Å². The van der Waals surface area contributed by atoms with E-state index in [2.05, 4.69) is 10.2 Å². The Hall–Kier alpha value is -3.46. The molecule has 3 aromatic carbocycles. The van der Waals surface area contributed by atoms with Crippen molar-refractivity contribution < 1.29 is 27.8 Å². The van der Waals surface area contributed by atoms with E-state index in [1.54, 1.807) is 19.1 Å². The molecule has 1 atom stereocenters. The monoisotopic (exact) mass is 472 g/mol. The number of ether oxygens (including phenoxy) is 1. The normalized spacial score (nSPS) is 12.6. The SMILES string of the molecule is Cc1cc(SC(c2ccc(C(F)(F)F)cc2)c2n[nH]c3ccccc23)ccc1OCC(=O)O. The van der Waals surface area contributed by atoms with Crippen LogP contribution in [0, 0.1) is 6.92 Å². The number of nitrogens with zero attached hydrogens (tertiary/aromatic N) is 1. The highest BCUT2D eigenvalue weighted by atomic mass is 32.2. The van der Waals surface area contributed by atoms with Gasteiger partial charge in [0.05, 0.1) is 22.0 Å². The number of hydrogen-bond acceptors (Lipinski definition) is 4. The van der Waals surface area contributed by atoms with Crippen molar-refractivity contribution in [2.45, 2.75) is 23.2 Å². The molecule has 0 spiro atoms. The van der Waals surface area contributed by atoms with E-state index >= 15 is 0 Å². The molecule has 33 heavy (non-hydrogen) atoms. The fraction of sp³-hybridized carbons (Fsp3) is 0.167. The number of carboxylic acid groups (broad SMARTS) is 1. The summed E-state index contributed by atoms with van der Waals surface area (Å²) in [6.07, 6.45) is -4.41. The lowest BCUT2D eigenvalue weighted by Gasteiger charge is -2.18. The summed E-state index contributed by atoms with van der Waals surface area (Å²) in [4.78, 5) is 11.6. The van der Waals surface area contributed by atoms with Gasteiger partial charge in [0, 0.05) is 10.3 Å². The van der Waals surface area contributed by atoms with Gasteiger partial charge in [0.25, 0.3) is 0 Å². The molecule has 0 aliphatic carbocycles. The summed E-state index contributed by atoms with van der Waals surface area (Å²) in [6.45, 7) is 1.36. The maximum atomic E-state index is 13.1. The molecular weight excluding hydrogens is 453 g/mol. The third-order valence-corrected chi connectivity index (χ3v) is 6.30. The fourth-order valence-electron chi connectivity index (χ4n) is 3.45. The number of halogens is 3. The Balaban J connectivity index is 1.71. The number of carbonyl (C=O) groups is 1. The molecule has 1 aromatic heterocycles. The van der Waals surface area contributed by atoms with Crippen LogP contribution in [0.5, 0.6) is 5.75 Å². The number of fused-ring (bicyclic) bond motifs is 1. The number of rotatable bonds is 7. The lowest BCUT2D eigenvalue weighted by Crippen LogP contribution is -2.10. The van der Waals surface area contributed by atoms with Gasteiger partial charge in [-0.15, -0.1) is 11.8 Å². The molecule has 4 aromatic rings. The van der Waals surface area contributed by atoms with Gasteiger partial charge in [-0.05, 0) is 54.4 Å². The molecule has 0 saturated heterocycles. The Morgan fingerprint density at radius 2 is 1.85 bits per heavy atom. The van der Waals surface area contributed by atoms with Crippen LogP contribution in [0.2, 0.25) is 0 Å². The van der Waals surface area contributed by atoms with Gasteiger partial charge in [-0.3, -0.25) is 5.10 Å². The van der Waals surface area contributed by atoms with Crippen LogP contribution in [-0.4, -0.2) is 27.9 Å². The highest BCUT2D eigenvalue weighted by Gasteiger charge is 2.31. The molecule has 170 valence electrons. The zero-order valence-corrected chi connectivity index (χ0v) is 18.2. The number of aromatic nitrogens is 2. The maximum Gasteiger partial charge on any atom is 0.416 e. The number of benzene rings is 3. The van der Waals surface area contributed by atoms with Crippen LogP contribution in [0.4, 0.5) is 13.2 Å². The van der Waals surface area contributed by atoms with Gasteiger partial charge in [-0.1, -0.05) is 30.3 Å². The average molecular weight is 472 g/mol. The summed E-state index contributed by atoms with van der Waals surface area (Å²) in [7, 11) is 0. The number of aromatic amines is 1. The molecule has 0 aliphatic rings. The molecular formula is C24H19F3N2O3S. The topological polar surface area (TPSA) is 75.2 Å². The van der Waals surface area contributed by atoms with E-state index in [4.69, 9.17) is 9.84 Å². The lowest BCUT2D eigenvalue weighted by atomic mass is 10.0. The number of para-hydroxylation sites is 1. The van der Waals surface area contributed by atoms with Gasteiger partial charge >= 0.3 is 12.1 Å². The largest absolute Gasteiger partial charge is 0.482 e. The fourth-order valence-corrected chi connectivity index (χ4v) is 4.69. The van der Waals surface area contributed by atoms with Crippen LogP contribution >= 0.6 is 11.8 Å². The molecule has 0 fully saturated rings. The average Bonchev–Trinajstić information content (AvgIpc) is 3.20. The van der Waals surface area contributed by atoms with E-state index in [-0.39, 0.29) is 5.25 Å². The molecule has 1 unspecified atom stereocenters. The molecule has 5 nitrogen and oxygen atoms in total. The zero-order valence-electron chi connectivity index (χ0n) is 17.4. The molecule has 9 heteroatoms. The molecule has 0 aliphatic heterocycles. The first-order valence-corrected chi connectivity index (χ1v) is 10.8. The van der Waals surface area contributed by atoms with Crippen molar-refractivity contribution >= 4 is 28.6 Å². The minimum absolute atomic E-state index is 0.381. The lowest BCUT2D eigenvalue weighted by molar-refractivity contribution is -0.139. The second-order valence-electron chi connectivity index (χ2n) is 7.38. The number of carboxylic acids is 1. The molecule has 0 bridgehead atoms. The van der Waals surface area contributed by atoms with Crippen molar-refractivity contribution in [1.29, 1.82) is 0 Å². The van der Waals surface area contributed by atoms with Crippen LogP contribution in [0.1, 0.15) is 27.6 Å². The standard InChI is InChI=1S/C24H19F3N2O3S/c1-14-12-17(10-11-20(14)32-13-21(30)31)33-23(15-6-8-16(9-7-15)24(25,26)27)22-18-4-2-3-5-19(18)28-29-22/h2-12,23H,13H2,1H3,(H,28,29)(H,30,31). The van der Waals surface area contributed by atoms with Crippen molar-refractivity contribution in [3.63, 3.8) is 0 Å². The molecule has 2 N–H and O–H groups in total. The molecule has 0 amide bonds. The van der Waals surface area contributed by atoms with Gasteiger partial charge in [0.2, 0.25) is 0 Å². The van der Waals surface area contributed by atoms with Crippen LogP contribution in [0.25, 0.3) is 10.9 Å². The number of hydrogen-bond donors (Lipinski definition) is 2. The number of thioether (sulfide) groups is 1. The third-order valence-electron chi connectivity index (χ3n) is 5.04. The summed E-state index contributed by atoms with van der Waals surface area (Å²) in [6, 6.07) is 18.0. The predicted octanol–water partition coefficient (Wildman–Crippen LogP) is 6.24. The second-order valence-corrected chi connectivity index (χ2v) is 8.56. The number of aliphatic carboxylic acids is 1. The zero-order chi connectivity index (χ0) is 23.6. The van der Waals surface area contributed by atoms with E-state index in [1.807, 2.05) is 30.3 Å². The Bertz CT molecular complexity index is 1290. The number of nitrogens with one attached hydrogen (secondary N) is 1. The molecule has 0 radical (unpaired) electrons. The summed E-state index contributed by atoms with van der Waals surface area (Å²) in [5.41, 5.74) is 2.25. The smallest absolute Gasteiger partial charge is 0.416 e. The van der Waals surface area contributed by atoms with Crippen LogP contribution in [0.15, 0.2) is 71.6 Å². The van der Waals surface area contributed by atoms with Gasteiger partial charge < -0.3 is 9.84 Å². The number of aryl methyl sites for hydroxylation is 1. The van der Waals surface area contributed by atoms with E-state index in [0.29, 0.717) is 17.0 Å². The first kappa shape index (κ1) is 22.7. The Morgan fingerprint density at radius 3 is 2.52 bits per heavy atom. The van der Waals surface area contributed by atoms with E-state index in [9.17, 15) is 18.0 Å². The quantitative estimate of drug-likeness (QED) is 0.312. The molecule has 4 rings (SSSR count). The highest BCUT2D eigenvalue weighted by Crippen LogP contribution is 2.43. The molecule has 1 heterocycles. The number of H-pyrrole nitrogens is 1. The van der Waals surface area contributed by atoms with E-state index < -0.39 is 24.3 Å². The van der Waals surface area contributed by atoms with Crippen molar-refractivity contribution in [3.05, 3.63) is 89.1 Å². The predicted molar refractivity (Wildman–Crippen MR) is 120 cm³/mol. The van der Waals surface area contributed by atoms with Gasteiger partial charge in [0.15, 0.2) is 6.61 Å². The van der Waals surface area contributed by atoms with Crippen LogP contribution in [-0.2, 0) is 11.0 Å². The van der Waals surface area contributed by atoms with Crippen molar-refractivity contribution in [3.8, 4) is 5.75 Å². The third kappa shape index (κ3) is 5.14. The second kappa shape index (κ2) is 9.19. The first-order chi connectivity index (χ1) is 15.7. The van der Waals surface area contributed by atoms with Gasteiger partial charge in [-0.25, -0.2) is 4.79 Å². The summed E-state index contributed by atoms with van der Waals surface area (Å²) in [5, 5.41) is 16.8. The van der Waals surface area contributed by atoms with E-state index in [1.165, 1.54) is 23.9 Å². The van der Waals surface area contributed by atoms with Crippen molar-refractivity contribution in [2.24, 2.45) is 0 Å². The summed E-state index contributed by atoms with van der Waals surface area (Å²) < 4.78 is 44.5. The van der Waals surface area contributed by atoms with Crippen molar-refractivity contribution in [2.75, 3.05) is 6.61 Å². The number of alkyl halides is 3. The first-order valence-electron chi connectivity index (χ1n) is 9.94. The molecule has 0 saturated carbocycles. The van der Waals surface area contributed by atoms with E-state index in [0.717, 1.165) is 33.5 Å². The Morgan fingerprint density at radius 1 is 1.12 bits per heavy atom. The minimum atomic E-state index is -4.41. The van der Waals surface area contributed by atoms with Crippen molar-refractivity contribution in [1.82, 2.24) is 10.2 Å². The van der Waals surface area contributed by atoms with Gasteiger partial charge in [-0.2, -0.15) is 18.3 Å². The highest BCUT2D eigenvalue weighted by molar-refractivity contribution is 7.99. The Kier molecular flexibility index (Phi) is 6.33. The summed E-state index contributed by atoms with van der Waals surface area (Å²) in [5.74, 6) is -0.612. The van der Waals surface area contributed by atoms with Crippen LogP contribution in [0.3, 0.4) is 0 Å².